The summed E-state index contributed by atoms with van der Waals surface area (Å²) in [6.07, 6.45) is 4.09. The summed E-state index contributed by atoms with van der Waals surface area (Å²) in [7, 11) is 2.14. The lowest BCUT2D eigenvalue weighted by Crippen LogP contribution is -2.44. The van der Waals surface area contributed by atoms with Gasteiger partial charge in [0, 0.05) is 32.4 Å². The summed E-state index contributed by atoms with van der Waals surface area (Å²) in [6, 6.07) is 14.8. The number of nitrogens with one attached hydrogen (secondary N) is 1. The first-order chi connectivity index (χ1) is 11.3. The van der Waals surface area contributed by atoms with Crippen LogP contribution < -0.4 is 9.80 Å². The number of hydrogen-bond donors (Lipinski definition) is 1. The molecule has 2 aromatic heterocycles. The molecule has 0 aliphatic carbocycles. The third-order valence-electron chi connectivity index (χ3n) is 4.70. The lowest BCUT2D eigenvalue weighted by Gasteiger charge is -2.37. The van der Waals surface area contributed by atoms with E-state index in [-0.39, 0.29) is 0 Å². The van der Waals surface area contributed by atoms with Gasteiger partial charge >= 0.3 is 0 Å². The Balaban J connectivity index is 1.44. The van der Waals surface area contributed by atoms with Gasteiger partial charge in [0.25, 0.3) is 0 Å². The van der Waals surface area contributed by atoms with Gasteiger partial charge in [0.15, 0.2) is 0 Å². The molecule has 0 atom stereocenters. The minimum absolute atomic E-state index is 0.533. The van der Waals surface area contributed by atoms with Gasteiger partial charge in [-0.25, -0.2) is 9.97 Å². The van der Waals surface area contributed by atoms with Crippen molar-refractivity contribution in [2.24, 2.45) is 0 Å². The molecule has 0 amide bonds. The van der Waals surface area contributed by atoms with Crippen molar-refractivity contribution in [3.63, 3.8) is 0 Å². The smallest absolute Gasteiger partial charge is 0.203 e. The highest BCUT2D eigenvalue weighted by molar-refractivity contribution is 5.77. The Morgan fingerprint density at radius 3 is 2.61 bits per heavy atom. The number of hydrogen-bond acceptors (Lipinski definition) is 4. The number of aromatic nitrogens is 3. The quantitative estimate of drug-likeness (QED) is 0.808. The maximum atomic E-state index is 4.71. The van der Waals surface area contributed by atoms with E-state index in [1.54, 1.807) is 0 Å². The Morgan fingerprint density at radius 1 is 1.09 bits per heavy atom. The molecular formula is C18H21N5. The largest absolute Gasteiger partial charge is 0.357 e. The molecule has 5 nitrogen and oxygen atoms in total. The van der Waals surface area contributed by atoms with Gasteiger partial charge in [0.1, 0.15) is 5.82 Å². The second-order valence-electron chi connectivity index (χ2n) is 6.09. The zero-order valence-electron chi connectivity index (χ0n) is 13.3. The van der Waals surface area contributed by atoms with Gasteiger partial charge in [-0.05, 0) is 37.1 Å². The van der Waals surface area contributed by atoms with E-state index in [1.165, 1.54) is 0 Å². The van der Waals surface area contributed by atoms with Crippen LogP contribution in [0.5, 0.6) is 0 Å². The summed E-state index contributed by atoms with van der Waals surface area (Å²) in [6.45, 7) is 2.03. The molecule has 118 valence electrons. The van der Waals surface area contributed by atoms with Crippen LogP contribution in [-0.2, 0) is 0 Å². The fourth-order valence-corrected chi connectivity index (χ4v) is 3.30. The van der Waals surface area contributed by atoms with Crippen molar-refractivity contribution in [2.45, 2.75) is 18.9 Å². The van der Waals surface area contributed by atoms with Crippen LogP contribution in [0.1, 0.15) is 12.8 Å². The van der Waals surface area contributed by atoms with Crippen LogP contribution >= 0.6 is 0 Å². The summed E-state index contributed by atoms with van der Waals surface area (Å²) >= 11 is 0. The van der Waals surface area contributed by atoms with E-state index in [4.69, 9.17) is 4.98 Å². The normalized spacial score (nSPS) is 16.0. The number of rotatable bonds is 3. The Morgan fingerprint density at radius 2 is 1.87 bits per heavy atom. The Kier molecular flexibility index (Phi) is 3.61. The number of anilines is 2. The number of H-pyrrole nitrogens is 1. The second kappa shape index (κ2) is 5.91. The summed E-state index contributed by atoms with van der Waals surface area (Å²) in [4.78, 5) is 17.2. The number of pyridine rings is 1. The number of nitrogens with zero attached hydrogens (tertiary/aromatic N) is 4. The predicted molar refractivity (Wildman–Crippen MR) is 94.0 cm³/mol. The fourth-order valence-electron chi connectivity index (χ4n) is 3.30. The van der Waals surface area contributed by atoms with Crippen molar-refractivity contribution in [3.05, 3.63) is 48.7 Å². The molecule has 0 saturated carbocycles. The molecule has 1 fully saturated rings. The van der Waals surface area contributed by atoms with E-state index in [1.807, 2.05) is 30.5 Å². The highest BCUT2D eigenvalue weighted by atomic mass is 15.3. The highest BCUT2D eigenvalue weighted by Gasteiger charge is 2.24. The molecule has 0 unspecified atom stereocenters. The first-order valence-corrected chi connectivity index (χ1v) is 8.15. The van der Waals surface area contributed by atoms with Crippen molar-refractivity contribution < 1.29 is 0 Å². The fraction of sp³-hybridized carbons (Fsp3) is 0.333. The second-order valence-corrected chi connectivity index (χ2v) is 6.09. The standard InChI is InChI=1S/C18H21N5/c1-22(17-8-4-5-11-19-17)14-9-12-23(13-10-14)18-20-15-6-2-3-7-16(15)21-18/h2-8,11,14H,9-10,12-13H2,1H3,(H,20,21). The van der Waals surface area contributed by atoms with Crippen LogP contribution in [0.25, 0.3) is 11.0 Å². The van der Waals surface area contributed by atoms with Crippen LogP contribution in [0.2, 0.25) is 0 Å². The van der Waals surface area contributed by atoms with Crippen molar-refractivity contribution in [1.29, 1.82) is 0 Å². The van der Waals surface area contributed by atoms with Gasteiger partial charge in [0.2, 0.25) is 5.95 Å². The van der Waals surface area contributed by atoms with Gasteiger partial charge in [-0.1, -0.05) is 18.2 Å². The summed E-state index contributed by atoms with van der Waals surface area (Å²) < 4.78 is 0. The highest BCUT2D eigenvalue weighted by Crippen LogP contribution is 2.24. The number of imidazole rings is 1. The minimum atomic E-state index is 0.533. The van der Waals surface area contributed by atoms with Gasteiger partial charge in [-0.3, -0.25) is 0 Å². The molecule has 1 aliphatic rings. The molecule has 1 saturated heterocycles. The third kappa shape index (κ3) is 2.74. The molecule has 3 aromatic rings. The van der Waals surface area contributed by atoms with Crippen LogP contribution in [0.4, 0.5) is 11.8 Å². The summed E-state index contributed by atoms with van der Waals surface area (Å²) in [5, 5.41) is 0. The Hall–Kier alpha value is -2.56. The maximum absolute atomic E-state index is 4.71. The molecule has 23 heavy (non-hydrogen) atoms. The molecule has 1 N–H and O–H groups in total. The van der Waals surface area contributed by atoms with Gasteiger partial charge in [-0.15, -0.1) is 0 Å². The van der Waals surface area contributed by atoms with Crippen LogP contribution in [0, 0.1) is 0 Å². The summed E-state index contributed by atoms with van der Waals surface area (Å²) in [5.41, 5.74) is 2.14. The van der Waals surface area contributed by atoms with Gasteiger partial charge < -0.3 is 14.8 Å². The average molecular weight is 307 g/mol. The molecule has 1 aromatic carbocycles. The van der Waals surface area contributed by atoms with Crippen LogP contribution in [-0.4, -0.2) is 41.1 Å². The average Bonchev–Trinajstić information content (AvgIpc) is 3.06. The van der Waals surface area contributed by atoms with Gasteiger partial charge in [0.05, 0.1) is 11.0 Å². The van der Waals surface area contributed by atoms with E-state index >= 15 is 0 Å². The summed E-state index contributed by atoms with van der Waals surface area (Å²) in [5.74, 6) is 2.04. The monoisotopic (exact) mass is 307 g/mol. The molecule has 1 aliphatic heterocycles. The zero-order valence-corrected chi connectivity index (χ0v) is 13.3. The third-order valence-corrected chi connectivity index (χ3v) is 4.70. The Labute approximate surface area is 136 Å². The van der Waals surface area contributed by atoms with E-state index in [2.05, 4.69) is 45.0 Å². The minimum Gasteiger partial charge on any atom is -0.357 e. The molecule has 3 heterocycles. The predicted octanol–water partition coefficient (Wildman–Crippen LogP) is 3.06. The van der Waals surface area contributed by atoms with Crippen molar-refractivity contribution in [1.82, 2.24) is 15.0 Å². The van der Waals surface area contributed by atoms with E-state index in [9.17, 15) is 0 Å². The van der Waals surface area contributed by atoms with Crippen molar-refractivity contribution in [2.75, 3.05) is 29.9 Å². The van der Waals surface area contributed by atoms with Gasteiger partial charge in [-0.2, -0.15) is 0 Å². The zero-order chi connectivity index (χ0) is 15.6. The number of piperidine rings is 1. The lowest BCUT2D eigenvalue weighted by molar-refractivity contribution is 0.476. The van der Waals surface area contributed by atoms with E-state index in [0.29, 0.717) is 6.04 Å². The SMILES string of the molecule is CN(c1ccccn1)C1CCN(c2nc3ccccc3[nH]2)CC1. The van der Waals surface area contributed by atoms with Crippen LogP contribution in [0.3, 0.4) is 0 Å². The van der Waals surface area contributed by atoms with Crippen LogP contribution in [0.15, 0.2) is 48.7 Å². The first-order valence-electron chi connectivity index (χ1n) is 8.15. The number of para-hydroxylation sites is 2. The molecule has 4 rings (SSSR count). The first kappa shape index (κ1) is 14.1. The van der Waals surface area contributed by atoms with E-state index < -0.39 is 0 Å². The van der Waals surface area contributed by atoms with E-state index in [0.717, 1.165) is 48.7 Å². The maximum Gasteiger partial charge on any atom is 0.203 e. The molecule has 0 radical (unpaired) electrons. The topological polar surface area (TPSA) is 48.1 Å². The molecule has 0 bridgehead atoms. The number of aromatic amines is 1. The number of fused-ring (bicyclic) bond motifs is 1. The molecule has 0 spiro atoms. The Bertz CT molecular complexity index is 741. The van der Waals surface area contributed by atoms with Crippen molar-refractivity contribution >= 4 is 22.8 Å². The molecular weight excluding hydrogens is 286 g/mol. The molecule has 5 heteroatoms. The van der Waals surface area contributed by atoms with Crippen molar-refractivity contribution in [3.8, 4) is 0 Å². The number of benzene rings is 1. The lowest BCUT2D eigenvalue weighted by atomic mass is 10.0.